The molecule has 0 spiro atoms. The second-order valence-corrected chi connectivity index (χ2v) is 3.54. The zero-order valence-electron chi connectivity index (χ0n) is 8.87. The zero-order valence-corrected chi connectivity index (χ0v) is 9.63. The van der Waals surface area contributed by atoms with Crippen LogP contribution < -0.4 is 10.5 Å². The fraction of sp³-hybridized carbons (Fsp3) is 0.333. The molecule has 0 heterocycles. The number of hydrogen-bond acceptors (Lipinski definition) is 2. The number of ether oxygens (including phenoxy) is 1. The summed E-state index contributed by atoms with van der Waals surface area (Å²) in [6.07, 6.45) is 1.83. The number of methoxy groups -OCH3 is 1. The van der Waals surface area contributed by atoms with Crippen molar-refractivity contribution < 1.29 is 4.74 Å². The molecule has 0 fully saturated rings. The van der Waals surface area contributed by atoms with E-state index >= 15 is 0 Å². The highest BCUT2D eigenvalue weighted by molar-refractivity contribution is 6.25. The third-order valence-corrected chi connectivity index (χ3v) is 2.59. The molecule has 0 aromatic heterocycles. The molecule has 3 heteroatoms. The van der Waals surface area contributed by atoms with Crippen LogP contribution in [0.2, 0.25) is 0 Å². The first-order valence-corrected chi connectivity index (χ1v) is 5.35. The van der Waals surface area contributed by atoms with E-state index in [-0.39, 0.29) is 0 Å². The van der Waals surface area contributed by atoms with Crippen LogP contribution in [0.4, 0.5) is 0 Å². The van der Waals surface area contributed by atoms with Gasteiger partial charge in [-0.1, -0.05) is 23.7 Å². The van der Waals surface area contributed by atoms with E-state index in [0.717, 1.165) is 24.2 Å². The molecule has 0 aliphatic rings. The lowest BCUT2D eigenvalue weighted by Crippen LogP contribution is -2.03. The first-order chi connectivity index (χ1) is 7.30. The summed E-state index contributed by atoms with van der Waals surface area (Å²) in [5.41, 5.74) is 9.40. The van der Waals surface area contributed by atoms with Crippen LogP contribution in [-0.4, -0.2) is 13.7 Å². The molecule has 0 amide bonds. The summed E-state index contributed by atoms with van der Waals surface area (Å²) in [5, 5.41) is 0. The van der Waals surface area contributed by atoms with Crippen molar-refractivity contribution in [2.75, 3.05) is 13.7 Å². The average molecular weight is 226 g/mol. The molecule has 0 radical (unpaired) electrons. The Morgan fingerprint density at radius 3 is 2.93 bits per heavy atom. The van der Waals surface area contributed by atoms with Gasteiger partial charge in [0.25, 0.3) is 0 Å². The van der Waals surface area contributed by atoms with Gasteiger partial charge in [0.05, 0.1) is 7.11 Å². The van der Waals surface area contributed by atoms with Gasteiger partial charge in [0, 0.05) is 12.1 Å². The largest absolute Gasteiger partial charge is 0.497 e. The highest BCUT2D eigenvalue weighted by Crippen LogP contribution is 2.15. The van der Waals surface area contributed by atoms with Crippen LogP contribution in [0.5, 0.6) is 5.75 Å². The Labute approximate surface area is 95.7 Å². The van der Waals surface area contributed by atoms with Crippen LogP contribution in [0.15, 0.2) is 35.4 Å². The van der Waals surface area contributed by atoms with Crippen molar-refractivity contribution >= 4 is 11.6 Å². The molecule has 2 nitrogen and oxygen atoms in total. The summed E-state index contributed by atoms with van der Waals surface area (Å²) < 4.78 is 5.15. The molecule has 0 aliphatic heterocycles. The van der Waals surface area contributed by atoms with Gasteiger partial charge in [-0.3, -0.25) is 0 Å². The van der Waals surface area contributed by atoms with Crippen LogP contribution in [0.1, 0.15) is 12.0 Å². The normalized spacial score (nSPS) is 11.5. The Balaban J connectivity index is 2.57. The lowest BCUT2D eigenvalue weighted by atomic mass is 10.1. The summed E-state index contributed by atoms with van der Waals surface area (Å²) in [5.74, 6) is 0.886. The van der Waals surface area contributed by atoms with Crippen molar-refractivity contribution in [1.29, 1.82) is 0 Å². The highest BCUT2D eigenvalue weighted by Gasteiger charge is 1.98. The van der Waals surface area contributed by atoms with E-state index < -0.39 is 0 Å². The Morgan fingerprint density at radius 2 is 2.33 bits per heavy atom. The number of nitrogens with two attached hydrogens (primary N) is 1. The fourth-order valence-corrected chi connectivity index (χ4v) is 1.53. The van der Waals surface area contributed by atoms with Gasteiger partial charge in [-0.05, 0) is 36.1 Å². The third kappa shape index (κ3) is 3.94. The van der Waals surface area contributed by atoms with Crippen molar-refractivity contribution in [3.05, 3.63) is 40.9 Å². The van der Waals surface area contributed by atoms with Gasteiger partial charge in [-0.25, -0.2) is 0 Å². The lowest BCUT2D eigenvalue weighted by Gasteiger charge is -2.05. The predicted octanol–water partition coefficient (Wildman–Crippen LogP) is 2.71. The van der Waals surface area contributed by atoms with Gasteiger partial charge in [-0.15, -0.1) is 0 Å². The summed E-state index contributed by atoms with van der Waals surface area (Å²) in [4.78, 5) is 0. The van der Waals surface area contributed by atoms with Gasteiger partial charge < -0.3 is 10.5 Å². The van der Waals surface area contributed by atoms with Crippen molar-refractivity contribution in [2.45, 2.75) is 12.8 Å². The van der Waals surface area contributed by atoms with E-state index in [2.05, 4.69) is 6.07 Å². The van der Waals surface area contributed by atoms with E-state index in [0.29, 0.717) is 6.54 Å². The van der Waals surface area contributed by atoms with E-state index in [1.54, 1.807) is 12.6 Å². The van der Waals surface area contributed by atoms with Crippen LogP contribution in [0.25, 0.3) is 0 Å². The molecule has 82 valence electrons. The molecule has 1 aromatic carbocycles. The fourth-order valence-electron chi connectivity index (χ4n) is 1.33. The smallest absolute Gasteiger partial charge is 0.119 e. The van der Waals surface area contributed by atoms with Gasteiger partial charge >= 0.3 is 0 Å². The molecule has 2 N–H and O–H groups in total. The Kier molecular flexibility index (Phi) is 5.22. The molecular formula is C12H16ClNO. The van der Waals surface area contributed by atoms with Crippen molar-refractivity contribution in [3.63, 3.8) is 0 Å². The minimum atomic E-state index is 0.521. The SMILES string of the molecule is COc1cccc(CCC(=CCl)CN)c1. The average Bonchev–Trinajstić information content (AvgIpc) is 2.31. The molecule has 0 saturated heterocycles. The molecule has 0 unspecified atom stereocenters. The van der Waals surface area contributed by atoms with Crippen molar-refractivity contribution in [2.24, 2.45) is 5.73 Å². The molecule has 1 aromatic rings. The van der Waals surface area contributed by atoms with Crippen LogP contribution >= 0.6 is 11.6 Å². The molecule has 0 aliphatic carbocycles. The van der Waals surface area contributed by atoms with E-state index in [1.165, 1.54) is 5.56 Å². The maximum atomic E-state index is 5.63. The van der Waals surface area contributed by atoms with Gasteiger partial charge in [0.15, 0.2) is 0 Å². The Hall–Kier alpha value is -0.990. The van der Waals surface area contributed by atoms with E-state index in [1.807, 2.05) is 18.2 Å². The maximum absolute atomic E-state index is 5.63. The topological polar surface area (TPSA) is 35.2 Å². The van der Waals surface area contributed by atoms with Crippen molar-refractivity contribution in [3.8, 4) is 5.75 Å². The number of aryl methyl sites for hydroxylation is 1. The second-order valence-electron chi connectivity index (χ2n) is 3.32. The third-order valence-electron chi connectivity index (χ3n) is 2.29. The molecule has 0 atom stereocenters. The first kappa shape index (κ1) is 12.1. The van der Waals surface area contributed by atoms with Crippen LogP contribution in [0, 0.1) is 0 Å². The lowest BCUT2D eigenvalue weighted by molar-refractivity contribution is 0.414. The summed E-state index contributed by atoms with van der Waals surface area (Å²) >= 11 is 5.63. The van der Waals surface area contributed by atoms with Gasteiger partial charge in [-0.2, -0.15) is 0 Å². The van der Waals surface area contributed by atoms with E-state index in [4.69, 9.17) is 22.1 Å². The number of rotatable bonds is 5. The first-order valence-electron chi connectivity index (χ1n) is 4.91. The predicted molar refractivity (Wildman–Crippen MR) is 64.3 cm³/mol. The standard InChI is InChI=1S/C12H16ClNO/c1-15-12-4-2-3-10(7-12)5-6-11(8-13)9-14/h2-4,7-8H,5-6,9,14H2,1H3. The molecular weight excluding hydrogens is 210 g/mol. The monoisotopic (exact) mass is 225 g/mol. The number of hydrogen-bond donors (Lipinski definition) is 1. The number of benzene rings is 1. The minimum absolute atomic E-state index is 0.521. The summed E-state index contributed by atoms with van der Waals surface area (Å²) in [6, 6.07) is 8.03. The summed E-state index contributed by atoms with van der Waals surface area (Å²) in [6.45, 7) is 0.521. The van der Waals surface area contributed by atoms with Crippen LogP contribution in [0.3, 0.4) is 0 Å². The quantitative estimate of drug-likeness (QED) is 0.837. The number of halogens is 1. The summed E-state index contributed by atoms with van der Waals surface area (Å²) in [7, 11) is 1.67. The van der Waals surface area contributed by atoms with Crippen LogP contribution in [-0.2, 0) is 6.42 Å². The zero-order chi connectivity index (χ0) is 11.1. The molecule has 0 saturated carbocycles. The van der Waals surface area contributed by atoms with E-state index in [9.17, 15) is 0 Å². The molecule has 15 heavy (non-hydrogen) atoms. The molecule has 1 rings (SSSR count). The van der Waals surface area contributed by atoms with Gasteiger partial charge in [0.2, 0.25) is 0 Å². The van der Waals surface area contributed by atoms with Crippen molar-refractivity contribution in [1.82, 2.24) is 0 Å². The highest BCUT2D eigenvalue weighted by atomic mass is 35.5. The second kappa shape index (κ2) is 6.49. The Morgan fingerprint density at radius 1 is 1.53 bits per heavy atom. The maximum Gasteiger partial charge on any atom is 0.119 e. The minimum Gasteiger partial charge on any atom is -0.497 e. The molecule has 0 bridgehead atoms. The Bertz CT molecular complexity index is 336. The van der Waals surface area contributed by atoms with Gasteiger partial charge in [0.1, 0.15) is 5.75 Å².